The molecule has 0 aromatic carbocycles. The summed E-state index contributed by atoms with van der Waals surface area (Å²) in [5.74, 6) is 0.943. The molecule has 2 heterocycles. The van der Waals surface area contributed by atoms with Gasteiger partial charge in [-0.1, -0.05) is 27.7 Å². The lowest BCUT2D eigenvalue weighted by Crippen LogP contribution is -2.31. The summed E-state index contributed by atoms with van der Waals surface area (Å²) in [4.78, 5) is 6.98. The van der Waals surface area contributed by atoms with E-state index in [0.717, 1.165) is 37.0 Å². The lowest BCUT2D eigenvalue weighted by Gasteiger charge is -2.21. The molecule has 96 valence electrons. The van der Waals surface area contributed by atoms with E-state index in [9.17, 15) is 0 Å². The normalized spacial score (nSPS) is 25.6. The lowest BCUT2D eigenvalue weighted by molar-refractivity contribution is 0.383. The summed E-state index contributed by atoms with van der Waals surface area (Å²) in [6.45, 7) is 11.5. The van der Waals surface area contributed by atoms with Crippen molar-refractivity contribution in [3.05, 3.63) is 5.82 Å². The Bertz CT molecular complexity index is 395. The Morgan fingerprint density at radius 3 is 2.65 bits per heavy atom. The van der Waals surface area contributed by atoms with Crippen LogP contribution in [-0.2, 0) is 5.41 Å². The van der Waals surface area contributed by atoms with Gasteiger partial charge < -0.3 is 10.6 Å². The van der Waals surface area contributed by atoms with Crippen LogP contribution in [-0.4, -0.2) is 29.0 Å². The highest BCUT2D eigenvalue weighted by molar-refractivity contribution is 7.09. The fourth-order valence-corrected chi connectivity index (χ4v) is 2.88. The molecule has 1 saturated heterocycles. The summed E-state index contributed by atoms with van der Waals surface area (Å²) in [6.07, 6.45) is 1.15. The van der Waals surface area contributed by atoms with E-state index in [1.807, 2.05) is 0 Å². The summed E-state index contributed by atoms with van der Waals surface area (Å²) in [5.41, 5.74) is 6.10. The van der Waals surface area contributed by atoms with Gasteiger partial charge in [0.2, 0.25) is 5.13 Å². The Morgan fingerprint density at radius 1 is 1.47 bits per heavy atom. The SMILES string of the molecule is CC1(CN)CCN(c2nc(C(C)(C)C)ns2)C1. The summed E-state index contributed by atoms with van der Waals surface area (Å²) in [7, 11) is 0. The second-order valence-corrected chi connectivity index (χ2v) is 7.07. The van der Waals surface area contributed by atoms with Crippen molar-refractivity contribution < 1.29 is 0 Å². The van der Waals surface area contributed by atoms with Gasteiger partial charge in [-0.2, -0.15) is 4.37 Å². The van der Waals surface area contributed by atoms with Crippen molar-refractivity contribution in [2.75, 3.05) is 24.5 Å². The smallest absolute Gasteiger partial charge is 0.205 e. The van der Waals surface area contributed by atoms with Crippen molar-refractivity contribution in [1.82, 2.24) is 9.36 Å². The van der Waals surface area contributed by atoms with Gasteiger partial charge in [0, 0.05) is 30.0 Å². The van der Waals surface area contributed by atoms with Crippen LogP contribution in [0.3, 0.4) is 0 Å². The molecule has 0 saturated carbocycles. The number of nitrogens with two attached hydrogens (primary N) is 1. The van der Waals surface area contributed by atoms with Gasteiger partial charge in [0.05, 0.1) is 0 Å². The third kappa shape index (κ3) is 2.60. The minimum Gasteiger partial charge on any atom is -0.346 e. The highest BCUT2D eigenvalue weighted by atomic mass is 32.1. The molecule has 1 aromatic rings. The van der Waals surface area contributed by atoms with E-state index in [-0.39, 0.29) is 10.8 Å². The van der Waals surface area contributed by atoms with Gasteiger partial charge in [0.25, 0.3) is 0 Å². The van der Waals surface area contributed by atoms with Gasteiger partial charge in [-0.05, 0) is 18.4 Å². The topological polar surface area (TPSA) is 55.0 Å². The first-order valence-electron chi connectivity index (χ1n) is 6.13. The number of aromatic nitrogens is 2. The molecule has 1 atom stereocenters. The first-order valence-corrected chi connectivity index (χ1v) is 6.91. The summed E-state index contributed by atoms with van der Waals surface area (Å²) in [5, 5.41) is 1.05. The second-order valence-electron chi connectivity index (χ2n) is 6.34. The van der Waals surface area contributed by atoms with E-state index in [0.29, 0.717) is 0 Å². The minimum atomic E-state index is 0.0334. The Labute approximate surface area is 107 Å². The molecule has 0 aliphatic carbocycles. The van der Waals surface area contributed by atoms with E-state index >= 15 is 0 Å². The molecule has 4 nitrogen and oxygen atoms in total. The third-order valence-electron chi connectivity index (χ3n) is 3.41. The van der Waals surface area contributed by atoms with Crippen LogP contribution in [0.2, 0.25) is 0 Å². The quantitative estimate of drug-likeness (QED) is 0.877. The first kappa shape index (κ1) is 12.8. The van der Waals surface area contributed by atoms with E-state index in [4.69, 9.17) is 5.73 Å². The van der Waals surface area contributed by atoms with Crippen molar-refractivity contribution >= 4 is 16.7 Å². The Kier molecular flexibility index (Phi) is 3.16. The molecule has 5 heteroatoms. The monoisotopic (exact) mass is 254 g/mol. The zero-order valence-corrected chi connectivity index (χ0v) is 12.0. The van der Waals surface area contributed by atoms with Crippen LogP contribution in [0, 0.1) is 5.41 Å². The zero-order chi connectivity index (χ0) is 12.7. The van der Waals surface area contributed by atoms with Crippen LogP contribution in [0.25, 0.3) is 0 Å². The van der Waals surface area contributed by atoms with E-state index in [1.165, 1.54) is 11.5 Å². The standard InChI is InChI=1S/C12H22N4S/c1-11(2,3)9-14-10(17-15-9)16-6-5-12(4,7-13)8-16/h5-8,13H2,1-4H3. The molecule has 2 rings (SSSR count). The van der Waals surface area contributed by atoms with E-state index in [1.54, 1.807) is 0 Å². The average Bonchev–Trinajstić information content (AvgIpc) is 2.83. The van der Waals surface area contributed by atoms with Crippen molar-refractivity contribution in [1.29, 1.82) is 0 Å². The Hall–Kier alpha value is -0.680. The molecule has 0 radical (unpaired) electrons. The maximum atomic E-state index is 5.82. The highest BCUT2D eigenvalue weighted by Gasteiger charge is 2.34. The van der Waals surface area contributed by atoms with Crippen LogP contribution in [0.4, 0.5) is 5.13 Å². The van der Waals surface area contributed by atoms with Crippen LogP contribution in [0.15, 0.2) is 0 Å². The predicted molar refractivity (Wildman–Crippen MR) is 72.6 cm³/mol. The number of anilines is 1. The van der Waals surface area contributed by atoms with Gasteiger partial charge in [0.1, 0.15) is 5.82 Å². The van der Waals surface area contributed by atoms with E-state index < -0.39 is 0 Å². The average molecular weight is 254 g/mol. The van der Waals surface area contributed by atoms with Crippen molar-refractivity contribution in [3.63, 3.8) is 0 Å². The molecular formula is C12H22N4S. The van der Waals surface area contributed by atoms with Crippen molar-refractivity contribution in [3.8, 4) is 0 Å². The van der Waals surface area contributed by atoms with Crippen molar-refractivity contribution in [2.45, 2.75) is 39.5 Å². The molecule has 2 N–H and O–H groups in total. The van der Waals surface area contributed by atoms with Gasteiger partial charge in [-0.3, -0.25) is 0 Å². The minimum absolute atomic E-state index is 0.0334. The van der Waals surface area contributed by atoms with Gasteiger partial charge >= 0.3 is 0 Å². The molecule has 1 aromatic heterocycles. The fraction of sp³-hybridized carbons (Fsp3) is 0.833. The van der Waals surface area contributed by atoms with Crippen LogP contribution in [0.5, 0.6) is 0 Å². The number of hydrogen-bond donors (Lipinski definition) is 1. The van der Waals surface area contributed by atoms with Gasteiger partial charge in [-0.25, -0.2) is 4.98 Å². The molecule has 1 aliphatic rings. The molecule has 1 unspecified atom stereocenters. The van der Waals surface area contributed by atoms with Gasteiger partial charge in [0.15, 0.2) is 0 Å². The van der Waals surface area contributed by atoms with Gasteiger partial charge in [-0.15, -0.1) is 0 Å². The molecule has 0 bridgehead atoms. The fourth-order valence-electron chi connectivity index (χ4n) is 2.00. The van der Waals surface area contributed by atoms with E-state index in [2.05, 4.69) is 42.0 Å². The highest BCUT2D eigenvalue weighted by Crippen LogP contribution is 2.34. The summed E-state index contributed by atoms with van der Waals surface area (Å²) < 4.78 is 4.46. The number of hydrogen-bond acceptors (Lipinski definition) is 5. The lowest BCUT2D eigenvalue weighted by atomic mass is 9.90. The van der Waals surface area contributed by atoms with Crippen LogP contribution < -0.4 is 10.6 Å². The maximum absolute atomic E-state index is 5.82. The molecule has 17 heavy (non-hydrogen) atoms. The summed E-state index contributed by atoms with van der Waals surface area (Å²) in [6, 6.07) is 0. The van der Waals surface area contributed by atoms with Crippen LogP contribution >= 0.6 is 11.5 Å². The molecule has 1 aliphatic heterocycles. The number of nitrogens with zero attached hydrogens (tertiary/aromatic N) is 3. The predicted octanol–water partition coefficient (Wildman–Crippen LogP) is 2.01. The largest absolute Gasteiger partial charge is 0.346 e. The molecule has 0 amide bonds. The van der Waals surface area contributed by atoms with Crippen LogP contribution in [0.1, 0.15) is 39.9 Å². The second kappa shape index (κ2) is 4.21. The van der Waals surface area contributed by atoms with Crippen molar-refractivity contribution in [2.24, 2.45) is 11.1 Å². The Balaban J connectivity index is 2.12. The Morgan fingerprint density at radius 2 is 2.18 bits per heavy atom. The number of rotatable bonds is 2. The first-order chi connectivity index (χ1) is 7.84. The molecule has 0 spiro atoms. The summed E-state index contributed by atoms with van der Waals surface area (Å²) >= 11 is 1.51. The molecule has 1 fully saturated rings. The zero-order valence-electron chi connectivity index (χ0n) is 11.2. The molecular weight excluding hydrogens is 232 g/mol. The third-order valence-corrected chi connectivity index (χ3v) is 4.18. The maximum Gasteiger partial charge on any atom is 0.205 e.